The van der Waals surface area contributed by atoms with E-state index in [9.17, 15) is 9.59 Å². The summed E-state index contributed by atoms with van der Waals surface area (Å²) in [6.07, 6.45) is 1.85. The first kappa shape index (κ1) is 16.5. The van der Waals surface area contributed by atoms with E-state index in [2.05, 4.69) is 5.32 Å². The number of carbonyl (C=O) groups is 1. The Morgan fingerprint density at radius 1 is 1.22 bits per heavy atom. The highest BCUT2D eigenvalue weighted by Gasteiger charge is 2.04. The molecule has 1 aromatic carbocycles. The summed E-state index contributed by atoms with van der Waals surface area (Å²) in [7, 11) is 0. The third kappa shape index (κ3) is 4.82. The normalized spacial score (nSPS) is 10.1. The van der Waals surface area contributed by atoms with Gasteiger partial charge < -0.3 is 9.88 Å². The number of hydrogen-bond donors (Lipinski definition) is 1. The quantitative estimate of drug-likeness (QED) is 0.834. The summed E-state index contributed by atoms with van der Waals surface area (Å²) in [5.41, 5.74) is 2.06. The predicted octanol–water partition coefficient (Wildman–Crippen LogP) is 2.84. The van der Waals surface area contributed by atoms with Crippen LogP contribution in [0.4, 0.5) is 5.69 Å². The maximum atomic E-state index is 11.9. The molecule has 2 rings (SSSR count). The molecule has 23 heavy (non-hydrogen) atoms. The highest BCUT2D eigenvalue weighted by atomic mass is 16.1. The van der Waals surface area contributed by atoms with Crippen molar-refractivity contribution in [2.45, 2.75) is 32.7 Å². The molecule has 1 N–H and O–H groups in total. The van der Waals surface area contributed by atoms with Gasteiger partial charge in [0.25, 0.3) is 5.56 Å². The number of pyridine rings is 1. The molecule has 1 aromatic heterocycles. The van der Waals surface area contributed by atoms with Crippen molar-refractivity contribution in [3.63, 3.8) is 0 Å². The van der Waals surface area contributed by atoms with Crippen molar-refractivity contribution in [3.8, 4) is 6.07 Å². The van der Waals surface area contributed by atoms with Crippen molar-refractivity contribution < 1.29 is 4.79 Å². The van der Waals surface area contributed by atoms with Gasteiger partial charge in [-0.05, 0) is 44.0 Å². The first-order chi connectivity index (χ1) is 11.1. The second-order valence-corrected chi connectivity index (χ2v) is 5.35. The molecule has 0 aliphatic carbocycles. The molecule has 1 amide bonds. The SMILES string of the molecule is Cc1cccc(=O)n1CCCCC(=O)Nc1cccc(C#N)c1. The van der Waals surface area contributed by atoms with Gasteiger partial charge in [0.05, 0.1) is 11.6 Å². The van der Waals surface area contributed by atoms with Crippen molar-refractivity contribution >= 4 is 11.6 Å². The number of nitriles is 1. The van der Waals surface area contributed by atoms with Gasteiger partial charge in [0.15, 0.2) is 0 Å². The Labute approximate surface area is 135 Å². The topological polar surface area (TPSA) is 74.9 Å². The molecule has 1 heterocycles. The third-order valence-electron chi connectivity index (χ3n) is 3.58. The first-order valence-electron chi connectivity index (χ1n) is 7.56. The summed E-state index contributed by atoms with van der Waals surface area (Å²) in [5.74, 6) is -0.0859. The van der Waals surface area contributed by atoms with Gasteiger partial charge in [-0.2, -0.15) is 5.26 Å². The van der Waals surface area contributed by atoms with Gasteiger partial charge >= 0.3 is 0 Å². The largest absolute Gasteiger partial charge is 0.326 e. The van der Waals surface area contributed by atoms with Crippen LogP contribution >= 0.6 is 0 Å². The zero-order chi connectivity index (χ0) is 16.7. The number of nitrogens with zero attached hydrogens (tertiary/aromatic N) is 2. The van der Waals surface area contributed by atoms with E-state index in [1.807, 2.05) is 19.1 Å². The number of amides is 1. The fraction of sp³-hybridized carbons (Fsp3) is 0.278. The average Bonchev–Trinajstić information content (AvgIpc) is 2.54. The summed E-state index contributed by atoms with van der Waals surface area (Å²) >= 11 is 0. The molecule has 0 unspecified atom stereocenters. The summed E-state index contributed by atoms with van der Waals surface area (Å²) in [6.45, 7) is 2.51. The molecule has 0 aliphatic rings. The molecule has 118 valence electrons. The summed E-state index contributed by atoms with van der Waals surface area (Å²) < 4.78 is 1.72. The lowest BCUT2D eigenvalue weighted by molar-refractivity contribution is -0.116. The van der Waals surface area contributed by atoms with Crippen LogP contribution in [0.5, 0.6) is 0 Å². The minimum absolute atomic E-state index is 0.0113. The minimum Gasteiger partial charge on any atom is -0.326 e. The number of nitrogens with one attached hydrogen (secondary N) is 1. The molecule has 0 bridgehead atoms. The fourth-order valence-corrected chi connectivity index (χ4v) is 2.36. The Kier molecular flexibility index (Phi) is 5.70. The van der Waals surface area contributed by atoms with Crippen molar-refractivity contribution in [2.24, 2.45) is 0 Å². The number of anilines is 1. The van der Waals surface area contributed by atoms with E-state index in [1.165, 1.54) is 0 Å². The van der Waals surface area contributed by atoms with E-state index in [0.29, 0.717) is 30.6 Å². The van der Waals surface area contributed by atoms with Gasteiger partial charge in [-0.25, -0.2) is 0 Å². The molecule has 5 nitrogen and oxygen atoms in total. The smallest absolute Gasteiger partial charge is 0.250 e. The lowest BCUT2D eigenvalue weighted by Crippen LogP contribution is -2.21. The van der Waals surface area contributed by atoms with Gasteiger partial charge in [-0.15, -0.1) is 0 Å². The van der Waals surface area contributed by atoms with Gasteiger partial charge in [0.2, 0.25) is 5.91 Å². The summed E-state index contributed by atoms with van der Waals surface area (Å²) in [5, 5.41) is 11.6. The van der Waals surface area contributed by atoms with Crippen molar-refractivity contribution in [3.05, 3.63) is 64.1 Å². The van der Waals surface area contributed by atoms with Gasteiger partial charge in [-0.1, -0.05) is 12.1 Å². The van der Waals surface area contributed by atoms with Crippen LogP contribution in [0, 0.1) is 18.3 Å². The van der Waals surface area contributed by atoms with Gasteiger partial charge in [-0.3, -0.25) is 9.59 Å². The highest BCUT2D eigenvalue weighted by molar-refractivity contribution is 5.90. The van der Waals surface area contributed by atoms with Gasteiger partial charge in [0, 0.05) is 30.4 Å². The summed E-state index contributed by atoms with van der Waals surface area (Å²) in [6, 6.07) is 14.1. The van der Waals surface area contributed by atoms with Crippen LogP contribution in [-0.2, 0) is 11.3 Å². The third-order valence-corrected chi connectivity index (χ3v) is 3.58. The van der Waals surface area contributed by atoms with Gasteiger partial charge in [0.1, 0.15) is 0 Å². The van der Waals surface area contributed by atoms with E-state index >= 15 is 0 Å². The van der Waals surface area contributed by atoms with E-state index in [4.69, 9.17) is 5.26 Å². The Hall–Kier alpha value is -2.87. The fourth-order valence-electron chi connectivity index (χ4n) is 2.36. The van der Waals surface area contributed by atoms with Crippen LogP contribution in [0.15, 0.2) is 47.3 Å². The molecule has 0 radical (unpaired) electrons. The molecule has 2 aromatic rings. The van der Waals surface area contributed by atoms with Crippen molar-refractivity contribution in [1.82, 2.24) is 4.57 Å². The van der Waals surface area contributed by atoms with E-state index in [-0.39, 0.29) is 11.5 Å². The van der Waals surface area contributed by atoms with E-state index in [0.717, 1.165) is 12.1 Å². The molecular formula is C18H19N3O2. The Morgan fingerprint density at radius 2 is 2.00 bits per heavy atom. The van der Waals surface area contributed by atoms with Crippen LogP contribution in [0.25, 0.3) is 0 Å². The van der Waals surface area contributed by atoms with E-state index < -0.39 is 0 Å². The number of aromatic nitrogens is 1. The molecular weight excluding hydrogens is 290 g/mol. The number of carbonyl (C=O) groups excluding carboxylic acids is 1. The Morgan fingerprint density at radius 3 is 2.74 bits per heavy atom. The number of benzene rings is 1. The number of aryl methyl sites for hydroxylation is 1. The number of hydrogen-bond acceptors (Lipinski definition) is 3. The molecule has 5 heteroatoms. The standard InChI is InChI=1S/C18H19N3O2/c1-14-6-4-10-18(23)21(14)11-3-2-9-17(22)20-16-8-5-7-15(12-16)13-19/h4-8,10,12H,2-3,9,11H2,1H3,(H,20,22). The molecule has 0 spiro atoms. The zero-order valence-electron chi connectivity index (χ0n) is 13.1. The summed E-state index contributed by atoms with van der Waals surface area (Å²) in [4.78, 5) is 23.6. The molecule has 0 fully saturated rings. The lowest BCUT2D eigenvalue weighted by atomic mass is 10.2. The van der Waals surface area contributed by atoms with Crippen LogP contribution in [-0.4, -0.2) is 10.5 Å². The molecule has 0 atom stereocenters. The average molecular weight is 309 g/mol. The second kappa shape index (κ2) is 7.95. The predicted molar refractivity (Wildman–Crippen MR) is 89.1 cm³/mol. The Bertz CT molecular complexity index is 787. The van der Waals surface area contributed by atoms with Crippen LogP contribution in [0.1, 0.15) is 30.5 Å². The van der Waals surface area contributed by atoms with E-state index in [1.54, 1.807) is 41.0 Å². The zero-order valence-corrected chi connectivity index (χ0v) is 13.1. The first-order valence-corrected chi connectivity index (χ1v) is 7.56. The molecule has 0 aliphatic heterocycles. The van der Waals surface area contributed by atoms with Crippen LogP contribution in [0.2, 0.25) is 0 Å². The molecule has 0 saturated heterocycles. The van der Waals surface area contributed by atoms with Crippen molar-refractivity contribution in [2.75, 3.05) is 5.32 Å². The van der Waals surface area contributed by atoms with Crippen LogP contribution in [0.3, 0.4) is 0 Å². The highest BCUT2D eigenvalue weighted by Crippen LogP contribution is 2.11. The maximum Gasteiger partial charge on any atom is 0.250 e. The van der Waals surface area contributed by atoms with Crippen molar-refractivity contribution in [1.29, 1.82) is 5.26 Å². The molecule has 0 saturated carbocycles. The Balaban J connectivity index is 1.79. The van der Waals surface area contributed by atoms with Crippen LogP contribution < -0.4 is 10.9 Å². The number of unbranched alkanes of at least 4 members (excludes halogenated alkanes) is 1. The number of rotatable bonds is 6. The monoisotopic (exact) mass is 309 g/mol. The lowest BCUT2D eigenvalue weighted by Gasteiger charge is -2.09. The maximum absolute atomic E-state index is 11.9. The minimum atomic E-state index is -0.0859. The second-order valence-electron chi connectivity index (χ2n) is 5.35.